The molecule has 0 fully saturated rings. The van der Waals surface area contributed by atoms with Crippen molar-refractivity contribution in [2.75, 3.05) is 10.6 Å². The Morgan fingerprint density at radius 2 is 2.10 bits per heavy atom. The van der Waals surface area contributed by atoms with Crippen LogP contribution >= 0.6 is 0 Å². The Kier molecular flexibility index (Phi) is 4.40. The zero-order valence-corrected chi connectivity index (χ0v) is 12.1. The van der Waals surface area contributed by atoms with Crippen LogP contribution in [0.1, 0.15) is 24.6 Å². The fraction of sp³-hybridized carbons (Fsp3) is 0.333. The molecule has 1 aromatic carbocycles. The maximum Gasteiger partial charge on any atom is 0.224 e. The first kappa shape index (κ1) is 14.1. The Hall–Kier alpha value is -2.30. The van der Waals surface area contributed by atoms with E-state index in [1.54, 1.807) is 0 Å². The van der Waals surface area contributed by atoms with Gasteiger partial charge in [-0.05, 0) is 25.1 Å². The molecule has 0 unspecified atom stereocenters. The molecule has 1 amide bonds. The van der Waals surface area contributed by atoms with E-state index in [1.807, 2.05) is 56.0 Å². The number of nitrogens with zero attached hydrogens (tertiary/aromatic N) is 2. The van der Waals surface area contributed by atoms with Crippen LogP contribution < -0.4 is 10.6 Å². The first-order valence-electron chi connectivity index (χ1n) is 6.71. The highest BCUT2D eigenvalue weighted by molar-refractivity contribution is 5.90. The minimum atomic E-state index is 0.0188. The van der Waals surface area contributed by atoms with Crippen molar-refractivity contribution >= 4 is 17.3 Å². The number of benzene rings is 1. The summed E-state index contributed by atoms with van der Waals surface area (Å²) in [6, 6.07) is 7.71. The van der Waals surface area contributed by atoms with Crippen LogP contribution in [0.5, 0.6) is 0 Å². The summed E-state index contributed by atoms with van der Waals surface area (Å²) in [6.07, 6.45) is 2.34. The van der Waals surface area contributed by atoms with Crippen molar-refractivity contribution < 1.29 is 4.79 Å². The molecule has 20 heavy (non-hydrogen) atoms. The lowest BCUT2D eigenvalue weighted by molar-refractivity contribution is -0.115. The standard InChI is InChI=1S/C15H20N4O/c1-4-15(20)18-14-7-5-6-13(8-14)16-9-12-10-17-19(3)11(12)2/h5-8,10,16H,4,9H2,1-3H3,(H,18,20). The summed E-state index contributed by atoms with van der Waals surface area (Å²) in [7, 11) is 1.93. The molecule has 0 spiro atoms. The number of aryl methyl sites for hydroxylation is 1. The first-order chi connectivity index (χ1) is 9.60. The number of rotatable bonds is 5. The Labute approximate surface area is 119 Å². The van der Waals surface area contributed by atoms with Crippen molar-refractivity contribution in [1.29, 1.82) is 0 Å². The number of nitrogens with one attached hydrogen (secondary N) is 2. The van der Waals surface area contributed by atoms with Gasteiger partial charge >= 0.3 is 0 Å². The lowest BCUT2D eigenvalue weighted by Crippen LogP contribution is -2.09. The second kappa shape index (κ2) is 6.23. The Morgan fingerprint density at radius 1 is 1.35 bits per heavy atom. The maximum atomic E-state index is 11.4. The molecule has 0 saturated heterocycles. The average molecular weight is 272 g/mol. The van der Waals surface area contributed by atoms with Crippen LogP contribution in [-0.2, 0) is 18.4 Å². The monoisotopic (exact) mass is 272 g/mol. The van der Waals surface area contributed by atoms with Crippen molar-refractivity contribution in [3.05, 3.63) is 41.7 Å². The molecule has 2 aromatic rings. The largest absolute Gasteiger partial charge is 0.381 e. The van der Waals surface area contributed by atoms with Gasteiger partial charge in [0.1, 0.15) is 0 Å². The smallest absolute Gasteiger partial charge is 0.224 e. The molecule has 0 radical (unpaired) electrons. The van der Waals surface area contributed by atoms with Crippen LogP contribution in [0.25, 0.3) is 0 Å². The molecule has 5 nitrogen and oxygen atoms in total. The fourth-order valence-electron chi connectivity index (χ4n) is 1.87. The summed E-state index contributed by atoms with van der Waals surface area (Å²) in [6.45, 7) is 4.59. The van der Waals surface area contributed by atoms with E-state index in [0.717, 1.165) is 22.6 Å². The Balaban J connectivity index is 2.01. The highest BCUT2D eigenvalue weighted by Gasteiger charge is 2.04. The molecule has 2 N–H and O–H groups in total. The number of carbonyl (C=O) groups is 1. The number of amides is 1. The van der Waals surface area contributed by atoms with Gasteiger partial charge < -0.3 is 10.6 Å². The van der Waals surface area contributed by atoms with Gasteiger partial charge in [-0.15, -0.1) is 0 Å². The summed E-state index contributed by atoms with van der Waals surface area (Å²) in [5, 5.41) is 10.4. The number of hydrogen-bond donors (Lipinski definition) is 2. The quantitative estimate of drug-likeness (QED) is 0.879. The van der Waals surface area contributed by atoms with Gasteiger partial charge in [0.15, 0.2) is 0 Å². The maximum absolute atomic E-state index is 11.4. The molecule has 2 rings (SSSR count). The molecule has 0 saturated carbocycles. The van der Waals surface area contributed by atoms with Crippen LogP contribution in [0.4, 0.5) is 11.4 Å². The van der Waals surface area contributed by atoms with E-state index in [-0.39, 0.29) is 5.91 Å². The molecule has 5 heteroatoms. The van der Waals surface area contributed by atoms with Gasteiger partial charge in [0.05, 0.1) is 6.20 Å². The van der Waals surface area contributed by atoms with Crippen molar-refractivity contribution in [3.8, 4) is 0 Å². The van der Waals surface area contributed by atoms with Gasteiger partial charge in [-0.3, -0.25) is 9.48 Å². The van der Waals surface area contributed by atoms with Crippen molar-refractivity contribution in [3.63, 3.8) is 0 Å². The second-order valence-electron chi connectivity index (χ2n) is 4.71. The van der Waals surface area contributed by atoms with Gasteiger partial charge in [0, 0.05) is 42.6 Å². The molecule has 106 valence electrons. The number of carbonyl (C=O) groups excluding carboxylic acids is 1. The van der Waals surface area contributed by atoms with Crippen LogP contribution in [0.2, 0.25) is 0 Å². The molecule has 0 aliphatic rings. The lowest BCUT2D eigenvalue weighted by atomic mass is 10.2. The van der Waals surface area contributed by atoms with E-state index in [4.69, 9.17) is 0 Å². The highest BCUT2D eigenvalue weighted by atomic mass is 16.1. The topological polar surface area (TPSA) is 59.0 Å². The molecule has 1 heterocycles. The van der Waals surface area contributed by atoms with Gasteiger partial charge in [-0.2, -0.15) is 5.10 Å². The van der Waals surface area contributed by atoms with Crippen molar-refractivity contribution in [2.45, 2.75) is 26.8 Å². The van der Waals surface area contributed by atoms with Crippen LogP contribution in [0, 0.1) is 6.92 Å². The predicted octanol–water partition coefficient (Wildman–Crippen LogP) is 2.69. The third-order valence-electron chi connectivity index (χ3n) is 3.29. The molecule has 0 aliphatic heterocycles. The molecule has 0 bridgehead atoms. The SMILES string of the molecule is CCC(=O)Nc1cccc(NCc2cnn(C)c2C)c1. The second-order valence-corrected chi connectivity index (χ2v) is 4.71. The molecule has 1 aromatic heterocycles. The summed E-state index contributed by atoms with van der Waals surface area (Å²) in [4.78, 5) is 11.4. The summed E-state index contributed by atoms with van der Waals surface area (Å²) in [5.74, 6) is 0.0188. The predicted molar refractivity (Wildman–Crippen MR) is 80.6 cm³/mol. The van der Waals surface area contributed by atoms with E-state index >= 15 is 0 Å². The van der Waals surface area contributed by atoms with E-state index in [0.29, 0.717) is 13.0 Å². The lowest BCUT2D eigenvalue weighted by Gasteiger charge is -2.09. The van der Waals surface area contributed by atoms with E-state index in [9.17, 15) is 4.79 Å². The molecule has 0 atom stereocenters. The summed E-state index contributed by atoms with van der Waals surface area (Å²) < 4.78 is 1.86. The van der Waals surface area contributed by atoms with Crippen LogP contribution in [-0.4, -0.2) is 15.7 Å². The van der Waals surface area contributed by atoms with Crippen LogP contribution in [0.3, 0.4) is 0 Å². The normalized spacial score (nSPS) is 10.3. The number of hydrogen-bond acceptors (Lipinski definition) is 3. The third-order valence-corrected chi connectivity index (χ3v) is 3.29. The van der Waals surface area contributed by atoms with E-state index < -0.39 is 0 Å². The van der Waals surface area contributed by atoms with Crippen LogP contribution in [0.15, 0.2) is 30.5 Å². The van der Waals surface area contributed by atoms with Crippen molar-refractivity contribution in [1.82, 2.24) is 9.78 Å². The van der Waals surface area contributed by atoms with Gasteiger partial charge in [0.25, 0.3) is 0 Å². The van der Waals surface area contributed by atoms with E-state index in [2.05, 4.69) is 15.7 Å². The minimum Gasteiger partial charge on any atom is -0.381 e. The van der Waals surface area contributed by atoms with Gasteiger partial charge in [0.2, 0.25) is 5.91 Å². The minimum absolute atomic E-state index is 0.0188. The van der Waals surface area contributed by atoms with Crippen molar-refractivity contribution in [2.24, 2.45) is 7.05 Å². The molecular formula is C15H20N4O. The van der Waals surface area contributed by atoms with Gasteiger partial charge in [-0.1, -0.05) is 13.0 Å². The average Bonchev–Trinajstić information content (AvgIpc) is 2.77. The first-order valence-corrected chi connectivity index (χ1v) is 6.71. The highest BCUT2D eigenvalue weighted by Crippen LogP contribution is 2.17. The van der Waals surface area contributed by atoms with E-state index in [1.165, 1.54) is 0 Å². The Morgan fingerprint density at radius 3 is 2.75 bits per heavy atom. The summed E-state index contributed by atoms with van der Waals surface area (Å²) >= 11 is 0. The summed E-state index contributed by atoms with van der Waals surface area (Å²) in [5.41, 5.74) is 4.09. The fourth-order valence-corrected chi connectivity index (χ4v) is 1.87. The molecule has 0 aliphatic carbocycles. The zero-order valence-electron chi connectivity index (χ0n) is 12.1. The Bertz CT molecular complexity index is 604. The zero-order chi connectivity index (χ0) is 14.5. The number of aromatic nitrogens is 2. The molecular weight excluding hydrogens is 252 g/mol. The number of anilines is 2. The third kappa shape index (κ3) is 3.38. The van der Waals surface area contributed by atoms with Gasteiger partial charge in [-0.25, -0.2) is 0 Å².